The van der Waals surface area contributed by atoms with Gasteiger partial charge in [0.2, 0.25) is 5.91 Å². The molecule has 0 fully saturated rings. The molecule has 2 N–H and O–H groups in total. The fourth-order valence-electron chi connectivity index (χ4n) is 2.91. The number of hydrogen-bond acceptors (Lipinski definition) is 3. The second-order valence-electron chi connectivity index (χ2n) is 6.35. The number of nitrogens with two attached hydrogens (primary N) is 1. The Hall–Kier alpha value is -1.85. The summed E-state index contributed by atoms with van der Waals surface area (Å²) in [4.78, 5) is 27.6. The van der Waals surface area contributed by atoms with Gasteiger partial charge < -0.3 is 10.6 Å². The van der Waals surface area contributed by atoms with Crippen LogP contribution < -0.4 is 5.73 Å². The summed E-state index contributed by atoms with van der Waals surface area (Å²) in [6.07, 6.45) is 0.830. The SMILES string of the molecule is CC1=C(CN(C)C(=O)c2cccc(Cl)c2)CCN(C(C)C(N)=O)C1. The van der Waals surface area contributed by atoms with Crippen molar-refractivity contribution in [1.82, 2.24) is 9.80 Å². The van der Waals surface area contributed by atoms with E-state index in [0.29, 0.717) is 23.7 Å². The van der Waals surface area contributed by atoms with E-state index in [1.807, 2.05) is 13.8 Å². The van der Waals surface area contributed by atoms with E-state index in [1.54, 1.807) is 36.2 Å². The van der Waals surface area contributed by atoms with Crippen molar-refractivity contribution in [2.45, 2.75) is 26.3 Å². The van der Waals surface area contributed by atoms with Crippen LogP contribution in [0.15, 0.2) is 35.4 Å². The van der Waals surface area contributed by atoms with E-state index < -0.39 is 0 Å². The van der Waals surface area contributed by atoms with Gasteiger partial charge in [-0.2, -0.15) is 0 Å². The Morgan fingerprint density at radius 1 is 1.42 bits per heavy atom. The summed E-state index contributed by atoms with van der Waals surface area (Å²) in [7, 11) is 1.79. The number of nitrogens with zero attached hydrogens (tertiary/aromatic N) is 2. The summed E-state index contributed by atoms with van der Waals surface area (Å²) in [6, 6.07) is 6.70. The van der Waals surface area contributed by atoms with Gasteiger partial charge in [0, 0.05) is 37.3 Å². The quantitative estimate of drug-likeness (QED) is 0.829. The van der Waals surface area contributed by atoms with Crippen molar-refractivity contribution in [1.29, 1.82) is 0 Å². The topological polar surface area (TPSA) is 66.6 Å². The maximum atomic E-state index is 12.5. The van der Waals surface area contributed by atoms with E-state index in [4.69, 9.17) is 17.3 Å². The first kappa shape index (κ1) is 18.5. The lowest BCUT2D eigenvalue weighted by molar-refractivity contribution is -0.122. The van der Waals surface area contributed by atoms with E-state index in [-0.39, 0.29) is 17.9 Å². The smallest absolute Gasteiger partial charge is 0.253 e. The zero-order valence-electron chi connectivity index (χ0n) is 14.4. The number of primary amides is 1. The molecule has 5 nitrogen and oxygen atoms in total. The Balaban J connectivity index is 2.04. The van der Waals surface area contributed by atoms with Crippen molar-refractivity contribution in [2.75, 3.05) is 26.7 Å². The van der Waals surface area contributed by atoms with Gasteiger partial charge >= 0.3 is 0 Å². The molecule has 0 aromatic heterocycles. The van der Waals surface area contributed by atoms with Gasteiger partial charge in [0.15, 0.2) is 0 Å². The molecule has 2 amide bonds. The molecule has 0 saturated carbocycles. The number of hydrogen-bond donors (Lipinski definition) is 1. The van der Waals surface area contributed by atoms with Crippen molar-refractivity contribution >= 4 is 23.4 Å². The largest absolute Gasteiger partial charge is 0.368 e. The normalized spacial score (nSPS) is 16.8. The zero-order chi connectivity index (χ0) is 17.9. The molecule has 1 aromatic carbocycles. The van der Waals surface area contributed by atoms with Gasteiger partial charge in [0.1, 0.15) is 0 Å². The average Bonchev–Trinajstić information content (AvgIpc) is 2.55. The molecule has 2 rings (SSSR count). The molecule has 0 bridgehead atoms. The average molecular weight is 350 g/mol. The lowest BCUT2D eigenvalue weighted by Crippen LogP contribution is -2.46. The van der Waals surface area contributed by atoms with Crippen molar-refractivity contribution in [2.24, 2.45) is 5.73 Å². The van der Waals surface area contributed by atoms with Gasteiger partial charge in [-0.05, 0) is 44.0 Å². The molecule has 1 unspecified atom stereocenters. The van der Waals surface area contributed by atoms with E-state index in [9.17, 15) is 9.59 Å². The third-order valence-electron chi connectivity index (χ3n) is 4.55. The van der Waals surface area contributed by atoms with Crippen LogP contribution in [0, 0.1) is 0 Å². The van der Waals surface area contributed by atoms with E-state index >= 15 is 0 Å². The minimum atomic E-state index is -0.306. The molecule has 1 atom stereocenters. The summed E-state index contributed by atoms with van der Waals surface area (Å²) in [5.74, 6) is -0.356. The molecule has 24 heavy (non-hydrogen) atoms. The first-order valence-electron chi connectivity index (χ1n) is 8.01. The predicted molar refractivity (Wildman–Crippen MR) is 96.0 cm³/mol. The summed E-state index contributed by atoms with van der Waals surface area (Å²) in [5, 5.41) is 0.554. The molecule has 0 spiro atoms. The van der Waals surface area contributed by atoms with Crippen molar-refractivity contribution in [3.63, 3.8) is 0 Å². The van der Waals surface area contributed by atoms with Crippen LogP contribution in [0.2, 0.25) is 5.02 Å². The van der Waals surface area contributed by atoms with Crippen molar-refractivity contribution in [3.05, 3.63) is 46.0 Å². The number of carbonyl (C=O) groups excluding carboxylic acids is 2. The van der Waals surface area contributed by atoms with E-state index in [2.05, 4.69) is 4.90 Å². The number of rotatable bonds is 5. The molecule has 1 aliphatic rings. The number of halogens is 1. The standard InChI is InChI=1S/C18H24ClN3O2/c1-12-10-22(13(2)17(20)23)8-7-15(12)11-21(3)18(24)14-5-4-6-16(19)9-14/h4-6,9,13H,7-8,10-11H2,1-3H3,(H2,20,23). The summed E-state index contributed by atoms with van der Waals surface area (Å²) < 4.78 is 0. The Bertz CT molecular complexity index is 672. The minimum Gasteiger partial charge on any atom is -0.368 e. The zero-order valence-corrected chi connectivity index (χ0v) is 15.1. The highest BCUT2D eigenvalue weighted by Crippen LogP contribution is 2.21. The van der Waals surface area contributed by atoms with Crippen LogP contribution in [-0.4, -0.2) is 54.3 Å². The number of amides is 2. The predicted octanol–water partition coefficient (Wildman–Crippen LogP) is 2.31. The van der Waals surface area contributed by atoms with Crippen LogP contribution in [-0.2, 0) is 4.79 Å². The van der Waals surface area contributed by atoms with Gasteiger partial charge in [0.25, 0.3) is 5.91 Å². The number of benzene rings is 1. The highest BCUT2D eigenvalue weighted by Gasteiger charge is 2.25. The maximum absolute atomic E-state index is 12.5. The molecule has 1 heterocycles. The van der Waals surface area contributed by atoms with Gasteiger partial charge in [-0.3, -0.25) is 14.5 Å². The minimum absolute atomic E-state index is 0.0502. The molecular weight excluding hydrogens is 326 g/mol. The second kappa shape index (κ2) is 7.81. The summed E-state index contributed by atoms with van der Waals surface area (Å²) in [6.45, 7) is 5.94. The molecule has 0 aliphatic carbocycles. The first-order chi connectivity index (χ1) is 11.3. The van der Waals surface area contributed by atoms with Crippen LogP contribution in [0.4, 0.5) is 0 Å². The highest BCUT2D eigenvalue weighted by molar-refractivity contribution is 6.30. The van der Waals surface area contributed by atoms with Gasteiger partial charge in [0.05, 0.1) is 6.04 Å². The molecule has 6 heteroatoms. The molecule has 1 aliphatic heterocycles. The van der Waals surface area contributed by atoms with Crippen molar-refractivity contribution < 1.29 is 9.59 Å². The monoisotopic (exact) mass is 349 g/mol. The first-order valence-corrected chi connectivity index (χ1v) is 8.39. The molecular formula is C18H24ClN3O2. The molecule has 0 radical (unpaired) electrons. The highest BCUT2D eigenvalue weighted by atomic mass is 35.5. The van der Waals surface area contributed by atoms with Crippen LogP contribution in [0.25, 0.3) is 0 Å². The van der Waals surface area contributed by atoms with Gasteiger partial charge in [-0.15, -0.1) is 0 Å². The Morgan fingerprint density at radius 2 is 2.12 bits per heavy atom. The second-order valence-corrected chi connectivity index (χ2v) is 6.79. The molecule has 130 valence electrons. The molecule has 0 saturated heterocycles. The van der Waals surface area contributed by atoms with Crippen LogP contribution in [0.5, 0.6) is 0 Å². The lowest BCUT2D eigenvalue weighted by atomic mass is 9.99. The van der Waals surface area contributed by atoms with Crippen LogP contribution >= 0.6 is 11.6 Å². The van der Waals surface area contributed by atoms with Crippen LogP contribution in [0.3, 0.4) is 0 Å². The van der Waals surface area contributed by atoms with E-state index in [0.717, 1.165) is 13.0 Å². The summed E-state index contributed by atoms with van der Waals surface area (Å²) in [5.41, 5.74) is 8.40. The Morgan fingerprint density at radius 3 is 2.71 bits per heavy atom. The summed E-state index contributed by atoms with van der Waals surface area (Å²) >= 11 is 5.96. The maximum Gasteiger partial charge on any atom is 0.253 e. The van der Waals surface area contributed by atoms with Gasteiger partial charge in [-0.25, -0.2) is 0 Å². The third-order valence-corrected chi connectivity index (χ3v) is 4.79. The Kier molecular flexibility index (Phi) is 6.02. The van der Waals surface area contributed by atoms with E-state index in [1.165, 1.54) is 11.1 Å². The third kappa shape index (κ3) is 4.36. The van der Waals surface area contributed by atoms with Gasteiger partial charge in [-0.1, -0.05) is 23.2 Å². The fraction of sp³-hybridized carbons (Fsp3) is 0.444. The van der Waals surface area contributed by atoms with Crippen molar-refractivity contribution in [3.8, 4) is 0 Å². The lowest BCUT2D eigenvalue weighted by Gasteiger charge is -2.34. The fourth-order valence-corrected chi connectivity index (χ4v) is 3.10. The molecule has 1 aromatic rings. The number of likely N-dealkylation sites (N-methyl/N-ethyl adjacent to an activating group) is 1. The van der Waals surface area contributed by atoms with Crippen LogP contribution in [0.1, 0.15) is 30.6 Å². The Labute approximate surface area is 148 Å². The number of carbonyl (C=O) groups is 2.